The van der Waals surface area contributed by atoms with Gasteiger partial charge in [0.15, 0.2) is 6.04 Å². The molecule has 29 heavy (non-hydrogen) atoms. The van der Waals surface area contributed by atoms with Gasteiger partial charge >= 0.3 is 0 Å². The summed E-state index contributed by atoms with van der Waals surface area (Å²) in [5.74, 6) is 0.619. The third-order valence-corrected chi connectivity index (χ3v) is 5.94. The monoisotopic (exact) mass is 409 g/mol. The van der Waals surface area contributed by atoms with E-state index in [2.05, 4.69) is 59.3 Å². The number of hydrogen-bond acceptors (Lipinski definition) is 3. The quantitative estimate of drug-likeness (QED) is 0.551. The number of thiophene rings is 1. The zero-order chi connectivity index (χ0) is 20.6. The van der Waals surface area contributed by atoms with E-state index >= 15 is 0 Å². The number of carbonyl (C=O) groups excluding carboxylic acids is 1. The molecule has 0 aliphatic heterocycles. The van der Waals surface area contributed by atoms with Crippen LogP contribution in [0, 0.1) is 0 Å². The fourth-order valence-corrected chi connectivity index (χ4v) is 4.22. The Bertz CT molecular complexity index is 907. The van der Waals surface area contributed by atoms with Gasteiger partial charge in [-0.25, -0.2) is 0 Å². The van der Waals surface area contributed by atoms with Crippen LogP contribution in [-0.4, -0.2) is 19.1 Å². The van der Waals surface area contributed by atoms with Crippen LogP contribution in [0.4, 0.5) is 5.69 Å². The summed E-state index contributed by atoms with van der Waals surface area (Å²) in [4.78, 5) is 14.1. The van der Waals surface area contributed by atoms with Crippen LogP contribution in [0.5, 0.6) is 5.75 Å². The minimum Gasteiger partial charge on any atom is -0.495 e. The Labute approximate surface area is 176 Å². The molecule has 4 nitrogen and oxygen atoms in total. The standard InChI is InChI=1S/C24H28N2O2S/c1-4-8-18-12-14-19(15-13-18)23(22-11-7-16-29-22)25-17(2)24(27)26-20-9-5-6-10-21(20)28-3/h5-7,9-17,23,25H,4,8H2,1-3H3,(H,26,27)/p+1/t17-,23+/m1/s1. The van der Waals surface area contributed by atoms with E-state index in [9.17, 15) is 4.79 Å². The molecule has 3 rings (SSSR count). The van der Waals surface area contributed by atoms with Crippen molar-refractivity contribution in [3.63, 3.8) is 0 Å². The molecule has 0 fully saturated rings. The molecule has 1 heterocycles. The highest BCUT2D eigenvalue weighted by atomic mass is 32.1. The van der Waals surface area contributed by atoms with Crippen LogP contribution in [0.2, 0.25) is 0 Å². The zero-order valence-electron chi connectivity index (χ0n) is 17.2. The summed E-state index contributed by atoms with van der Waals surface area (Å²) in [6.45, 7) is 4.13. The lowest BCUT2D eigenvalue weighted by molar-refractivity contribution is -0.703. The minimum absolute atomic E-state index is 0.0429. The maximum absolute atomic E-state index is 12.9. The van der Waals surface area contributed by atoms with Crippen LogP contribution in [0.15, 0.2) is 66.0 Å². The third kappa shape index (κ3) is 5.46. The summed E-state index contributed by atoms with van der Waals surface area (Å²) in [6, 6.07) is 20.3. The Morgan fingerprint density at radius 3 is 2.52 bits per heavy atom. The van der Waals surface area contributed by atoms with Gasteiger partial charge in [-0.05, 0) is 42.5 Å². The lowest BCUT2D eigenvalue weighted by atomic mass is 10.0. The number of nitrogens with one attached hydrogen (secondary N) is 1. The Balaban J connectivity index is 1.76. The van der Waals surface area contributed by atoms with E-state index in [1.807, 2.05) is 31.2 Å². The molecule has 0 spiro atoms. The summed E-state index contributed by atoms with van der Waals surface area (Å²) < 4.78 is 5.34. The van der Waals surface area contributed by atoms with Gasteiger partial charge in [0, 0.05) is 5.56 Å². The van der Waals surface area contributed by atoms with E-state index in [4.69, 9.17) is 4.74 Å². The first-order valence-corrected chi connectivity index (χ1v) is 10.9. The van der Waals surface area contributed by atoms with Gasteiger partial charge in [0.25, 0.3) is 5.91 Å². The molecule has 2 aromatic carbocycles. The Morgan fingerprint density at radius 1 is 1.10 bits per heavy atom. The number of nitrogens with two attached hydrogens (primary N) is 1. The maximum Gasteiger partial charge on any atom is 0.282 e. The number of ether oxygens (including phenoxy) is 1. The average molecular weight is 410 g/mol. The van der Waals surface area contributed by atoms with Crippen molar-refractivity contribution < 1.29 is 14.8 Å². The number of anilines is 1. The van der Waals surface area contributed by atoms with Crippen molar-refractivity contribution >= 4 is 22.9 Å². The first-order chi connectivity index (χ1) is 14.1. The Morgan fingerprint density at radius 2 is 1.86 bits per heavy atom. The van der Waals surface area contributed by atoms with Crippen molar-refractivity contribution in [1.82, 2.24) is 0 Å². The van der Waals surface area contributed by atoms with E-state index in [0.29, 0.717) is 11.4 Å². The number of amides is 1. The second-order valence-electron chi connectivity index (χ2n) is 7.16. The van der Waals surface area contributed by atoms with Crippen molar-refractivity contribution in [2.45, 2.75) is 38.8 Å². The van der Waals surface area contributed by atoms with E-state index < -0.39 is 0 Å². The molecular weight excluding hydrogens is 380 g/mol. The van der Waals surface area contributed by atoms with Gasteiger partial charge in [-0.15, -0.1) is 11.3 Å². The van der Waals surface area contributed by atoms with E-state index in [0.717, 1.165) is 12.8 Å². The van der Waals surface area contributed by atoms with Crippen LogP contribution in [-0.2, 0) is 11.2 Å². The van der Waals surface area contributed by atoms with E-state index in [1.165, 1.54) is 16.0 Å². The maximum atomic E-state index is 12.9. The van der Waals surface area contributed by atoms with Gasteiger partial charge in [0.1, 0.15) is 11.8 Å². The normalized spacial score (nSPS) is 12.9. The molecule has 3 aromatic rings. The van der Waals surface area contributed by atoms with Crippen molar-refractivity contribution in [2.24, 2.45) is 0 Å². The molecule has 0 saturated heterocycles. The summed E-state index contributed by atoms with van der Waals surface area (Å²) in [7, 11) is 1.61. The fourth-order valence-electron chi connectivity index (χ4n) is 3.39. The number of benzene rings is 2. The van der Waals surface area contributed by atoms with Gasteiger partial charge in [-0.2, -0.15) is 0 Å². The second-order valence-corrected chi connectivity index (χ2v) is 8.13. The predicted molar refractivity (Wildman–Crippen MR) is 120 cm³/mol. The molecule has 0 aliphatic carbocycles. The van der Waals surface area contributed by atoms with Gasteiger partial charge in [0.05, 0.1) is 17.7 Å². The topological polar surface area (TPSA) is 54.9 Å². The summed E-state index contributed by atoms with van der Waals surface area (Å²) >= 11 is 1.72. The Kier molecular flexibility index (Phi) is 7.44. The summed E-state index contributed by atoms with van der Waals surface area (Å²) in [6.07, 6.45) is 2.23. The lowest BCUT2D eigenvalue weighted by Gasteiger charge is -2.20. The number of quaternary nitrogens is 1. The second kappa shape index (κ2) is 10.2. The van der Waals surface area contributed by atoms with Crippen molar-refractivity contribution in [1.29, 1.82) is 0 Å². The summed E-state index contributed by atoms with van der Waals surface area (Å²) in [5, 5.41) is 7.21. The molecular formula is C24H29N2O2S+. The van der Waals surface area contributed by atoms with Gasteiger partial charge < -0.3 is 15.4 Å². The van der Waals surface area contributed by atoms with Crippen molar-refractivity contribution in [2.75, 3.05) is 12.4 Å². The first-order valence-electron chi connectivity index (χ1n) is 10.0. The highest BCUT2D eigenvalue weighted by Crippen LogP contribution is 2.25. The van der Waals surface area contributed by atoms with Crippen molar-refractivity contribution in [3.05, 3.63) is 82.0 Å². The molecule has 0 saturated carbocycles. The molecule has 0 bridgehead atoms. The number of para-hydroxylation sites is 2. The predicted octanol–water partition coefficient (Wildman–Crippen LogP) is 4.39. The molecule has 0 aliphatic rings. The van der Waals surface area contributed by atoms with Crippen LogP contribution in [0.3, 0.4) is 0 Å². The Hall–Kier alpha value is -2.63. The number of methoxy groups -OCH3 is 1. The average Bonchev–Trinajstić information content (AvgIpc) is 3.27. The minimum atomic E-state index is -0.262. The van der Waals surface area contributed by atoms with Gasteiger partial charge in [0.2, 0.25) is 0 Å². The molecule has 0 radical (unpaired) electrons. The van der Waals surface area contributed by atoms with Gasteiger partial charge in [-0.1, -0.05) is 55.8 Å². The number of hydrogen-bond donors (Lipinski definition) is 2. The van der Waals surface area contributed by atoms with E-state index in [1.54, 1.807) is 18.4 Å². The molecule has 152 valence electrons. The van der Waals surface area contributed by atoms with Crippen LogP contribution < -0.4 is 15.4 Å². The van der Waals surface area contributed by atoms with Crippen LogP contribution in [0.25, 0.3) is 0 Å². The SMILES string of the molecule is CCCc1ccc([C@H]([NH2+][C@H](C)C(=O)Nc2ccccc2OC)c2cccs2)cc1. The number of carbonyl (C=O) groups is 1. The summed E-state index contributed by atoms with van der Waals surface area (Å²) in [5.41, 5.74) is 3.25. The van der Waals surface area contributed by atoms with Crippen LogP contribution >= 0.6 is 11.3 Å². The molecule has 2 atom stereocenters. The van der Waals surface area contributed by atoms with Gasteiger partial charge in [-0.3, -0.25) is 4.79 Å². The fraction of sp³-hybridized carbons (Fsp3) is 0.292. The van der Waals surface area contributed by atoms with E-state index in [-0.39, 0.29) is 18.0 Å². The first kappa shape index (κ1) is 21.1. The smallest absolute Gasteiger partial charge is 0.282 e. The molecule has 0 unspecified atom stereocenters. The number of rotatable bonds is 9. The number of aryl methyl sites for hydroxylation is 1. The third-order valence-electron chi connectivity index (χ3n) is 4.99. The zero-order valence-corrected chi connectivity index (χ0v) is 18.0. The molecule has 1 aromatic heterocycles. The lowest BCUT2D eigenvalue weighted by Crippen LogP contribution is -2.92. The van der Waals surface area contributed by atoms with Crippen LogP contribution in [0.1, 0.15) is 42.3 Å². The highest BCUT2D eigenvalue weighted by Gasteiger charge is 2.26. The largest absolute Gasteiger partial charge is 0.495 e. The molecule has 1 amide bonds. The molecule has 5 heteroatoms. The van der Waals surface area contributed by atoms with Crippen molar-refractivity contribution in [3.8, 4) is 5.75 Å². The molecule has 3 N–H and O–H groups in total. The highest BCUT2D eigenvalue weighted by molar-refractivity contribution is 7.10.